The van der Waals surface area contributed by atoms with Gasteiger partial charge in [0.2, 0.25) is 0 Å². The molecule has 0 aliphatic heterocycles. The summed E-state index contributed by atoms with van der Waals surface area (Å²) in [5, 5.41) is 8.67. The zero-order valence-electron chi connectivity index (χ0n) is 7.17. The van der Waals surface area contributed by atoms with Crippen molar-refractivity contribution in [1.82, 2.24) is 0 Å². The molecule has 0 saturated carbocycles. The summed E-state index contributed by atoms with van der Waals surface area (Å²) in [5.74, 6) is 0. The van der Waals surface area contributed by atoms with Crippen LogP contribution in [-0.4, -0.2) is 6.54 Å². The topological polar surface area (TPSA) is 49.8 Å². The zero-order chi connectivity index (χ0) is 8.97. The Balaban J connectivity index is 3.00. The molecule has 1 aromatic rings. The maximum Gasteiger partial charge on any atom is 0.0991 e. The average Bonchev–Trinajstić information content (AvgIpc) is 2.04. The molecule has 62 valence electrons. The molecule has 0 spiro atoms. The van der Waals surface area contributed by atoms with Gasteiger partial charge in [0.15, 0.2) is 0 Å². The molecule has 0 atom stereocenters. The van der Waals surface area contributed by atoms with Gasteiger partial charge in [0.25, 0.3) is 0 Å². The average molecular weight is 160 g/mol. The van der Waals surface area contributed by atoms with Gasteiger partial charge in [-0.15, -0.1) is 0 Å². The predicted molar refractivity (Wildman–Crippen MR) is 48.7 cm³/mol. The number of hydrogen-bond acceptors (Lipinski definition) is 2. The van der Waals surface area contributed by atoms with Crippen molar-refractivity contribution in [3.8, 4) is 6.07 Å². The minimum atomic E-state index is 0.633. The van der Waals surface area contributed by atoms with Crippen LogP contribution in [0.15, 0.2) is 18.2 Å². The van der Waals surface area contributed by atoms with Crippen LogP contribution in [0.2, 0.25) is 0 Å². The van der Waals surface area contributed by atoms with Gasteiger partial charge >= 0.3 is 0 Å². The molecule has 0 aromatic heterocycles. The highest BCUT2D eigenvalue weighted by molar-refractivity contribution is 5.37. The first kappa shape index (κ1) is 8.76. The molecule has 0 radical (unpaired) electrons. The lowest BCUT2D eigenvalue weighted by Gasteiger charge is -2.00. The summed E-state index contributed by atoms with van der Waals surface area (Å²) in [7, 11) is 0. The molecule has 0 aliphatic rings. The molecule has 0 aliphatic carbocycles. The van der Waals surface area contributed by atoms with E-state index in [-0.39, 0.29) is 0 Å². The van der Waals surface area contributed by atoms with Gasteiger partial charge in [0.05, 0.1) is 11.6 Å². The van der Waals surface area contributed by atoms with E-state index in [0.29, 0.717) is 6.54 Å². The van der Waals surface area contributed by atoms with Crippen molar-refractivity contribution in [3.63, 3.8) is 0 Å². The van der Waals surface area contributed by atoms with Crippen LogP contribution in [-0.2, 0) is 6.42 Å². The van der Waals surface area contributed by atoms with E-state index >= 15 is 0 Å². The van der Waals surface area contributed by atoms with E-state index in [4.69, 9.17) is 11.0 Å². The van der Waals surface area contributed by atoms with E-state index in [2.05, 4.69) is 12.1 Å². The van der Waals surface area contributed by atoms with Crippen molar-refractivity contribution in [2.45, 2.75) is 13.3 Å². The number of aryl methyl sites for hydroxylation is 1. The Morgan fingerprint density at radius 3 is 2.75 bits per heavy atom. The van der Waals surface area contributed by atoms with Crippen LogP contribution in [0, 0.1) is 18.3 Å². The number of benzene rings is 1. The SMILES string of the molecule is Cc1cc(C#N)cc(CCN)c1. The fraction of sp³-hybridized carbons (Fsp3) is 0.300. The van der Waals surface area contributed by atoms with Crippen LogP contribution in [0.5, 0.6) is 0 Å². The van der Waals surface area contributed by atoms with Crippen LogP contribution >= 0.6 is 0 Å². The number of rotatable bonds is 2. The van der Waals surface area contributed by atoms with Gasteiger partial charge in [0.1, 0.15) is 0 Å². The summed E-state index contributed by atoms with van der Waals surface area (Å²) in [6, 6.07) is 7.95. The van der Waals surface area contributed by atoms with Gasteiger partial charge in [-0.1, -0.05) is 6.07 Å². The molecule has 1 rings (SSSR count). The number of nitrogens with two attached hydrogens (primary N) is 1. The Hall–Kier alpha value is -1.33. The van der Waals surface area contributed by atoms with E-state index in [1.54, 1.807) is 0 Å². The molecule has 0 saturated heterocycles. The number of nitriles is 1. The van der Waals surface area contributed by atoms with Crippen LogP contribution in [0.1, 0.15) is 16.7 Å². The Morgan fingerprint density at radius 2 is 2.17 bits per heavy atom. The van der Waals surface area contributed by atoms with Gasteiger partial charge in [-0.3, -0.25) is 0 Å². The Labute approximate surface area is 72.6 Å². The Kier molecular flexibility index (Phi) is 2.84. The summed E-state index contributed by atoms with van der Waals surface area (Å²) < 4.78 is 0. The van der Waals surface area contributed by atoms with E-state index in [9.17, 15) is 0 Å². The number of nitrogens with zero attached hydrogens (tertiary/aromatic N) is 1. The first-order chi connectivity index (χ1) is 5.76. The summed E-state index contributed by atoms with van der Waals surface area (Å²) in [4.78, 5) is 0. The third kappa shape index (κ3) is 2.08. The fourth-order valence-corrected chi connectivity index (χ4v) is 1.24. The Morgan fingerprint density at radius 1 is 1.42 bits per heavy atom. The zero-order valence-corrected chi connectivity index (χ0v) is 7.17. The second-order valence-electron chi connectivity index (χ2n) is 2.86. The summed E-state index contributed by atoms with van der Waals surface area (Å²) in [6.45, 7) is 2.62. The lowest BCUT2D eigenvalue weighted by Crippen LogP contribution is -2.03. The van der Waals surface area contributed by atoms with Crippen LogP contribution in [0.3, 0.4) is 0 Å². The molecule has 0 amide bonds. The van der Waals surface area contributed by atoms with Gasteiger partial charge in [-0.25, -0.2) is 0 Å². The first-order valence-electron chi connectivity index (χ1n) is 3.97. The quantitative estimate of drug-likeness (QED) is 0.710. The maximum absolute atomic E-state index is 8.67. The van der Waals surface area contributed by atoms with Crippen molar-refractivity contribution in [2.75, 3.05) is 6.54 Å². The third-order valence-electron chi connectivity index (χ3n) is 1.70. The van der Waals surface area contributed by atoms with Crippen molar-refractivity contribution in [2.24, 2.45) is 5.73 Å². The molecule has 2 heteroatoms. The van der Waals surface area contributed by atoms with Crippen molar-refractivity contribution < 1.29 is 0 Å². The molecule has 1 aromatic carbocycles. The standard InChI is InChI=1S/C10H12N2/c1-8-4-9(2-3-11)6-10(5-8)7-12/h4-6H,2-3,11H2,1H3. The highest BCUT2D eigenvalue weighted by Gasteiger charge is 1.96. The Bertz CT molecular complexity index is 310. The van der Waals surface area contributed by atoms with Crippen LogP contribution in [0.25, 0.3) is 0 Å². The molecular formula is C10H12N2. The first-order valence-corrected chi connectivity index (χ1v) is 3.97. The lowest BCUT2D eigenvalue weighted by molar-refractivity contribution is 0.966. The molecule has 0 bridgehead atoms. The largest absolute Gasteiger partial charge is 0.330 e. The van der Waals surface area contributed by atoms with Crippen LogP contribution in [0.4, 0.5) is 0 Å². The molecule has 2 N–H and O–H groups in total. The summed E-state index contributed by atoms with van der Waals surface area (Å²) >= 11 is 0. The van der Waals surface area contributed by atoms with Gasteiger partial charge in [-0.2, -0.15) is 5.26 Å². The maximum atomic E-state index is 8.67. The minimum absolute atomic E-state index is 0.633. The highest BCUT2D eigenvalue weighted by Crippen LogP contribution is 2.08. The second kappa shape index (κ2) is 3.89. The second-order valence-corrected chi connectivity index (χ2v) is 2.86. The lowest BCUT2D eigenvalue weighted by atomic mass is 10.1. The highest BCUT2D eigenvalue weighted by atomic mass is 14.5. The number of hydrogen-bond donors (Lipinski definition) is 1. The van der Waals surface area contributed by atoms with Gasteiger partial charge < -0.3 is 5.73 Å². The fourth-order valence-electron chi connectivity index (χ4n) is 1.24. The molecule has 12 heavy (non-hydrogen) atoms. The predicted octanol–water partition coefficient (Wildman–Crippen LogP) is 1.37. The van der Waals surface area contributed by atoms with Crippen molar-refractivity contribution in [3.05, 3.63) is 34.9 Å². The van der Waals surface area contributed by atoms with Crippen molar-refractivity contribution >= 4 is 0 Å². The smallest absolute Gasteiger partial charge is 0.0991 e. The van der Waals surface area contributed by atoms with Gasteiger partial charge in [0, 0.05) is 0 Å². The van der Waals surface area contributed by atoms with Crippen molar-refractivity contribution in [1.29, 1.82) is 5.26 Å². The van der Waals surface area contributed by atoms with E-state index in [0.717, 1.165) is 23.1 Å². The van der Waals surface area contributed by atoms with Gasteiger partial charge in [-0.05, 0) is 43.1 Å². The summed E-state index contributed by atoms with van der Waals surface area (Å²) in [6.07, 6.45) is 0.844. The van der Waals surface area contributed by atoms with E-state index in [1.807, 2.05) is 19.1 Å². The van der Waals surface area contributed by atoms with Crippen LogP contribution < -0.4 is 5.73 Å². The normalized spacial score (nSPS) is 9.42. The van der Waals surface area contributed by atoms with E-state index in [1.165, 1.54) is 0 Å². The third-order valence-corrected chi connectivity index (χ3v) is 1.70. The molecule has 0 heterocycles. The van der Waals surface area contributed by atoms with E-state index < -0.39 is 0 Å². The molecular weight excluding hydrogens is 148 g/mol. The molecule has 2 nitrogen and oxygen atoms in total. The molecule has 0 unspecified atom stereocenters. The molecule has 0 fully saturated rings. The summed E-state index contributed by atoms with van der Waals surface area (Å²) in [5.41, 5.74) is 8.41. The monoisotopic (exact) mass is 160 g/mol. The minimum Gasteiger partial charge on any atom is -0.330 e.